The predicted octanol–water partition coefficient (Wildman–Crippen LogP) is 6.71. The molecule has 1 aliphatic carbocycles. The standard InChI is InChI=1S/C42H52FN9O4S2/c1-2-24-58(55,56)50-32-5-3-4-31(36(32)43)37-38(33-12-19-45-41(44)47-33)57-40(49-37)28-10-15-42(16-11-28)17-22-51(23-18-42)26-27-13-20-52(21-14-27)34-8-6-29(25-46-34)30-7-9-35(53)48-39(30)54/h3-6,8,12,19,25,27-28,30,50H,2,7,9-11,13-18,20-24,26H2,1H3,(H2,44,45,47)(H,48,53,54)/t30-/m1/s1. The van der Waals surface area contributed by atoms with Crippen LogP contribution >= 0.6 is 11.3 Å². The zero-order valence-electron chi connectivity index (χ0n) is 33.0. The molecular weight excluding hydrogens is 778 g/mol. The number of anilines is 3. The van der Waals surface area contributed by atoms with Gasteiger partial charge in [-0.15, -0.1) is 11.3 Å². The Kier molecular flexibility index (Phi) is 11.8. The van der Waals surface area contributed by atoms with Crippen molar-refractivity contribution in [3.05, 3.63) is 65.2 Å². The third-order valence-corrected chi connectivity index (χ3v) is 15.4. The molecule has 4 aromatic rings. The van der Waals surface area contributed by atoms with E-state index < -0.39 is 15.8 Å². The quantitative estimate of drug-likeness (QED) is 0.137. The van der Waals surface area contributed by atoms with Gasteiger partial charge in [0.25, 0.3) is 0 Å². The number of piperidine rings is 3. The Hall–Kier alpha value is -4.54. The van der Waals surface area contributed by atoms with E-state index in [4.69, 9.17) is 15.7 Å². The van der Waals surface area contributed by atoms with Crippen molar-refractivity contribution in [2.75, 3.05) is 53.8 Å². The second-order valence-corrected chi connectivity index (χ2v) is 19.4. The first-order valence-electron chi connectivity index (χ1n) is 20.6. The highest BCUT2D eigenvalue weighted by Crippen LogP contribution is 2.51. The number of carbonyl (C=O) groups is 2. The van der Waals surface area contributed by atoms with Crippen molar-refractivity contribution >= 4 is 50.6 Å². The number of nitrogens with two attached hydrogens (primary N) is 1. The van der Waals surface area contributed by atoms with Crippen LogP contribution in [-0.4, -0.2) is 83.5 Å². The number of pyridine rings is 1. The van der Waals surface area contributed by atoms with Gasteiger partial charge < -0.3 is 15.5 Å². The van der Waals surface area contributed by atoms with Crippen LogP contribution in [0.5, 0.6) is 0 Å². The summed E-state index contributed by atoms with van der Waals surface area (Å²) in [6, 6.07) is 10.5. The molecule has 4 aliphatic rings. The number of nitrogens with one attached hydrogen (secondary N) is 2. The molecular formula is C42H52FN9O4S2. The van der Waals surface area contributed by atoms with Crippen molar-refractivity contribution in [3.63, 3.8) is 0 Å². The van der Waals surface area contributed by atoms with Gasteiger partial charge in [0.05, 0.1) is 38.6 Å². The van der Waals surface area contributed by atoms with Crippen molar-refractivity contribution in [1.82, 2.24) is 30.2 Å². The molecule has 8 rings (SSSR count). The molecule has 16 heteroatoms. The van der Waals surface area contributed by atoms with Gasteiger partial charge in [0.2, 0.25) is 27.8 Å². The first kappa shape index (κ1) is 40.2. The highest BCUT2D eigenvalue weighted by atomic mass is 32.2. The maximum atomic E-state index is 16.1. The fourth-order valence-corrected chi connectivity index (χ4v) is 11.7. The smallest absolute Gasteiger partial charge is 0.234 e. The minimum atomic E-state index is -3.70. The Morgan fingerprint density at radius 1 is 0.966 bits per heavy atom. The molecule has 1 atom stereocenters. The van der Waals surface area contributed by atoms with E-state index in [9.17, 15) is 18.0 Å². The number of halogens is 1. The highest BCUT2D eigenvalue weighted by Gasteiger charge is 2.40. The lowest BCUT2D eigenvalue weighted by atomic mass is 9.65. The van der Waals surface area contributed by atoms with Crippen molar-refractivity contribution in [2.45, 2.75) is 89.4 Å². The number of amides is 2. The Balaban J connectivity index is 0.862. The number of carbonyl (C=O) groups excluding carboxylic acids is 2. The highest BCUT2D eigenvalue weighted by molar-refractivity contribution is 7.92. The van der Waals surface area contributed by atoms with Crippen LogP contribution in [0.2, 0.25) is 0 Å². The summed E-state index contributed by atoms with van der Waals surface area (Å²) in [4.78, 5) is 47.8. The SMILES string of the molecule is CCCS(=O)(=O)Nc1cccc(-c2nc(C3CCC4(CC3)CCN(CC3CCN(c5ccc([C@H]6CCC(=O)NC6=O)cn5)CC3)CC4)sc2-c2ccnc(N)n2)c1F. The van der Waals surface area contributed by atoms with Gasteiger partial charge in [0.1, 0.15) is 5.82 Å². The monoisotopic (exact) mass is 829 g/mol. The molecule has 0 unspecified atom stereocenters. The number of hydrogen-bond donors (Lipinski definition) is 3. The molecule has 58 heavy (non-hydrogen) atoms. The zero-order valence-corrected chi connectivity index (χ0v) is 34.6. The van der Waals surface area contributed by atoms with Crippen molar-refractivity contribution < 1.29 is 22.4 Å². The van der Waals surface area contributed by atoms with Gasteiger partial charge in [-0.3, -0.25) is 19.6 Å². The number of sulfonamides is 1. The molecule has 3 aliphatic heterocycles. The fraction of sp³-hybridized carbons (Fsp3) is 0.524. The second-order valence-electron chi connectivity index (χ2n) is 16.6. The summed E-state index contributed by atoms with van der Waals surface area (Å²) < 4.78 is 43.6. The van der Waals surface area contributed by atoms with Gasteiger partial charge in [0.15, 0.2) is 5.82 Å². The predicted molar refractivity (Wildman–Crippen MR) is 224 cm³/mol. The third kappa shape index (κ3) is 8.88. The van der Waals surface area contributed by atoms with Crippen LogP contribution < -0.4 is 20.7 Å². The van der Waals surface area contributed by atoms with E-state index in [1.54, 1.807) is 37.5 Å². The van der Waals surface area contributed by atoms with Crippen LogP contribution in [0.3, 0.4) is 0 Å². The molecule has 1 aromatic carbocycles. The molecule has 1 saturated carbocycles. The van der Waals surface area contributed by atoms with Crippen LogP contribution in [0.25, 0.3) is 21.8 Å². The number of nitrogens with zero attached hydrogens (tertiary/aromatic N) is 6. The molecule has 4 N–H and O–H groups in total. The number of benzene rings is 1. The summed E-state index contributed by atoms with van der Waals surface area (Å²) in [5.41, 5.74) is 8.29. The second kappa shape index (κ2) is 17.0. The number of thiazole rings is 1. The van der Waals surface area contributed by atoms with Crippen LogP contribution in [0.4, 0.5) is 21.8 Å². The zero-order chi connectivity index (χ0) is 40.4. The lowest BCUT2D eigenvalue weighted by Gasteiger charge is -2.46. The number of imide groups is 1. The molecule has 3 saturated heterocycles. The Labute approximate surface area is 343 Å². The summed E-state index contributed by atoms with van der Waals surface area (Å²) in [7, 11) is -3.70. The van der Waals surface area contributed by atoms with Crippen molar-refractivity contribution in [2.24, 2.45) is 11.3 Å². The first-order valence-corrected chi connectivity index (χ1v) is 23.1. The molecule has 1 spiro atoms. The van der Waals surface area contributed by atoms with Gasteiger partial charge in [-0.05, 0) is 118 Å². The minimum absolute atomic E-state index is 0.0991. The van der Waals surface area contributed by atoms with E-state index in [0.717, 1.165) is 87.6 Å². The van der Waals surface area contributed by atoms with Gasteiger partial charge in [0, 0.05) is 49.9 Å². The fourth-order valence-electron chi connectivity index (χ4n) is 9.35. The normalized spacial score (nSPS) is 21.0. The Morgan fingerprint density at radius 2 is 1.74 bits per heavy atom. The van der Waals surface area contributed by atoms with Crippen LogP contribution in [0.15, 0.2) is 48.8 Å². The number of nitrogen functional groups attached to an aromatic ring is 1. The maximum Gasteiger partial charge on any atom is 0.234 e. The first-order chi connectivity index (χ1) is 28.0. The van der Waals surface area contributed by atoms with Gasteiger partial charge in [-0.2, -0.15) is 0 Å². The van der Waals surface area contributed by atoms with E-state index in [1.807, 2.05) is 12.1 Å². The maximum absolute atomic E-state index is 16.1. The van der Waals surface area contributed by atoms with Crippen LogP contribution in [0.1, 0.15) is 100.0 Å². The Morgan fingerprint density at radius 3 is 2.43 bits per heavy atom. The molecule has 3 aromatic heterocycles. The number of aromatic nitrogens is 4. The molecule has 2 amide bonds. The summed E-state index contributed by atoms with van der Waals surface area (Å²) in [6.07, 6.45) is 13.6. The van der Waals surface area contributed by atoms with E-state index in [-0.39, 0.29) is 46.6 Å². The van der Waals surface area contributed by atoms with E-state index in [0.29, 0.717) is 46.9 Å². The lowest BCUT2D eigenvalue weighted by molar-refractivity contribution is -0.134. The van der Waals surface area contributed by atoms with E-state index in [1.165, 1.54) is 30.2 Å². The van der Waals surface area contributed by atoms with Crippen molar-refractivity contribution in [1.29, 1.82) is 0 Å². The largest absolute Gasteiger partial charge is 0.368 e. The van der Waals surface area contributed by atoms with Crippen LogP contribution in [0, 0.1) is 17.2 Å². The summed E-state index contributed by atoms with van der Waals surface area (Å²) in [5, 5.41) is 3.38. The third-order valence-electron chi connectivity index (χ3n) is 12.7. The number of hydrogen-bond acceptors (Lipinski definition) is 12. The van der Waals surface area contributed by atoms with Crippen molar-refractivity contribution in [3.8, 4) is 21.8 Å². The Bertz CT molecular complexity index is 2230. The number of rotatable bonds is 11. The molecule has 13 nitrogen and oxygen atoms in total. The minimum Gasteiger partial charge on any atom is -0.368 e. The van der Waals surface area contributed by atoms with E-state index >= 15 is 4.39 Å². The summed E-state index contributed by atoms with van der Waals surface area (Å²) in [5.74, 6) is 0.439. The average molecular weight is 830 g/mol. The van der Waals surface area contributed by atoms with Gasteiger partial charge in [-0.25, -0.2) is 32.7 Å². The topological polar surface area (TPSA) is 176 Å². The molecule has 4 fully saturated rings. The summed E-state index contributed by atoms with van der Waals surface area (Å²) in [6.45, 7) is 7.06. The molecule has 6 heterocycles. The molecule has 308 valence electrons. The molecule has 0 radical (unpaired) electrons. The number of likely N-dealkylation sites (tertiary alicyclic amines) is 1. The van der Waals surface area contributed by atoms with Crippen LogP contribution in [-0.2, 0) is 19.6 Å². The lowest BCUT2D eigenvalue weighted by Crippen LogP contribution is -2.45. The van der Waals surface area contributed by atoms with Gasteiger partial charge >= 0.3 is 0 Å². The molecule has 0 bridgehead atoms. The summed E-state index contributed by atoms with van der Waals surface area (Å²) >= 11 is 1.52. The van der Waals surface area contributed by atoms with E-state index in [2.05, 4.69) is 29.8 Å². The van der Waals surface area contributed by atoms with Gasteiger partial charge in [-0.1, -0.05) is 19.1 Å². The average Bonchev–Trinajstić information content (AvgIpc) is 3.66.